The minimum absolute atomic E-state index is 0.00914. The number of rotatable bonds is 7. The first-order chi connectivity index (χ1) is 7.15. The molecule has 0 unspecified atom stereocenters. The van der Waals surface area contributed by atoms with Crippen LogP contribution in [0.25, 0.3) is 0 Å². The van der Waals surface area contributed by atoms with E-state index in [1.807, 2.05) is 0 Å². The molecule has 0 aromatic carbocycles. The maximum absolute atomic E-state index is 11.7. The highest BCUT2D eigenvalue weighted by Crippen LogP contribution is 2.23. The first kappa shape index (κ1) is 15.2. The molecule has 6 heteroatoms. The number of carbonyl (C=O) groups is 1. The molecule has 0 heterocycles. The van der Waals surface area contributed by atoms with Gasteiger partial charge >= 0.3 is 12.1 Å². The Hall–Kier alpha value is -0.780. The van der Waals surface area contributed by atoms with Crippen LogP contribution < -0.4 is 0 Å². The number of halogens is 3. The average Bonchev–Trinajstić information content (AvgIpc) is 2.09. The second kappa shape index (κ2) is 6.08. The molecule has 1 N–H and O–H groups in total. The Morgan fingerprint density at radius 3 is 2.25 bits per heavy atom. The van der Waals surface area contributed by atoms with Crippen LogP contribution in [0.3, 0.4) is 0 Å². The first-order valence-corrected chi connectivity index (χ1v) is 5.03. The Balaban J connectivity index is 3.52. The molecule has 0 aliphatic carbocycles. The van der Waals surface area contributed by atoms with Crippen LogP contribution in [0.4, 0.5) is 13.2 Å². The summed E-state index contributed by atoms with van der Waals surface area (Å²) < 4.78 is 39.4. The van der Waals surface area contributed by atoms with Crippen LogP contribution in [0.5, 0.6) is 0 Å². The van der Waals surface area contributed by atoms with Gasteiger partial charge in [-0.3, -0.25) is 4.79 Å². The third-order valence-electron chi connectivity index (χ3n) is 2.19. The highest BCUT2D eigenvalue weighted by Gasteiger charge is 2.28. The van der Waals surface area contributed by atoms with E-state index in [1.165, 1.54) is 0 Å². The van der Waals surface area contributed by atoms with Gasteiger partial charge < -0.3 is 9.84 Å². The van der Waals surface area contributed by atoms with Gasteiger partial charge in [-0.25, -0.2) is 0 Å². The van der Waals surface area contributed by atoms with Crippen LogP contribution >= 0.6 is 0 Å². The third-order valence-corrected chi connectivity index (χ3v) is 2.19. The van der Waals surface area contributed by atoms with Crippen molar-refractivity contribution in [2.24, 2.45) is 5.41 Å². The molecule has 0 aliphatic heterocycles. The topological polar surface area (TPSA) is 46.5 Å². The second-order valence-electron chi connectivity index (χ2n) is 4.31. The Labute approximate surface area is 92.6 Å². The minimum Gasteiger partial charge on any atom is -0.481 e. The van der Waals surface area contributed by atoms with Crippen molar-refractivity contribution in [1.82, 2.24) is 0 Å². The fraction of sp³-hybridized carbons (Fsp3) is 0.900. The molecule has 0 aliphatic rings. The van der Waals surface area contributed by atoms with Crippen LogP contribution in [-0.2, 0) is 9.53 Å². The van der Waals surface area contributed by atoms with Gasteiger partial charge in [-0.2, -0.15) is 13.2 Å². The lowest BCUT2D eigenvalue weighted by atomic mass is 9.87. The van der Waals surface area contributed by atoms with Crippen LogP contribution in [0.2, 0.25) is 0 Å². The highest BCUT2D eigenvalue weighted by molar-refractivity contribution is 5.73. The largest absolute Gasteiger partial charge is 0.481 e. The van der Waals surface area contributed by atoms with E-state index < -0.39 is 24.2 Å². The maximum atomic E-state index is 11.7. The fourth-order valence-corrected chi connectivity index (χ4v) is 1.07. The van der Waals surface area contributed by atoms with Crippen molar-refractivity contribution >= 4 is 5.97 Å². The summed E-state index contributed by atoms with van der Waals surface area (Å²) in [5, 5.41) is 8.77. The Morgan fingerprint density at radius 1 is 1.25 bits per heavy atom. The van der Waals surface area contributed by atoms with Crippen LogP contribution in [0, 0.1) is 5.41 Å². The van der Waals surface area contributed by atoms with Crippen molar-refractivity contribution in [3.8, 4) is 0 Å². The predicted octanol–water partition coefficient (Wildman–Crippen LogP) is 2.85. The number of alkyl halides is 3. The van der Waals surface area contributed by atoms with Crippen molar-refractivity contribution in [2.45, 2.75) is 39.3 Å². The molecule has 0 radical (unpaired) electrons. The van der Waals surface area contributed by atoms with Crippen molar-refractivity contribution in [3.63, 3.8) is 0 Å². The zero-order chi connectivity index (χ0) is 12.8. The van der Waals surface area contributed by atoms with Gasteiger partial charge in [-0.05, 0) is 26.7 Å². The molecule has 0 aromatic heterocycles. The summed E-state index contributed by atoms with van der Waals surface area (Å²) in [7, 11) is 0. The quantitative estimate of drug-likeness (QED) is 0.698. The molecule has 0 aromatic rings. The molecule has 0 bridgehead atoms. The van der Waals surface area contributed by atoms with E-state index in [4.69, 9.17) is 5.11 Å². The highest BCUT2D eigenvalue weighted by atomic mass is 19.4. The molecule has 0 atom stereocenters. The minimum atomic E-state index is -4.29. The second-order valence-corrected chi connectivity index (χ2v) is 4.31. The van der Waals surface area contributed by atoms with Gasteiger partial charge in [-0.1, -0.05) is 6.42 Å². The van der Waals surface area contributed by atoms with Crippen LogP contribution in [0.1, 0.15) is 33.1 Å². The van der Waals surface area contributed by atoms with E-state index in [0.717, 1.165) is 0 Å². The summed E-state index contributed by atoms with van der Waals surface area (Å²) >= 11 is 0. The van der Waals surface area contributed by atoms with E-state index >= 15 is 0 Å². The number of unbranched alkanes of at least 4 members (excludes halogenated alkanes) is 1. The number of hydrogen-bond acceptors (Lipinski definition) is 2. The van der Waals surface area contributed by atoms with Gasteiger partial charge in [0, 0.05) is 6.61 Å². The third kappa shape index (κ3) is 7.50. The summed E-state index contributed by atoms with van der Waals surface area (Å²) in [6.45, 7) is 1.95. The molecular formula is C10H17F3O3. The predicted molar refractivity (Wildman–Crippen MR) is 52.1 cm³/mol. The lowest BCUT2D eigenvalue weighted by Crippen LogP contribution is -2.23. The maximum Gasteiger partial charge on any atom is 0.411 e. The van der Waals surface area contributed by atoms with Gasteiger partial charge in [0.25, 0.3) is 0 Å². The van der Waals surface area contributed by atoms with E-state index in [2.05, 4.69) is 4.74 Å². The Kier molecular flexibility index (Phi) is 5.78. The van der Waals surface area contributed by atoms with Crippen molar-refractivity contribution in [3.05, 3.63) is 0 Å². The summed E-state index contributed by atoms with van der Waals surface area (Å²) in [5.41, 5.74) is -0.829. The molecule has 0 fully saturated rings. The molecule has 0 saturated heterocycles. The molecule has 0 spiro atoms. The molecular weight excluding hydrogens is 225 g/mol. The van der Waals surface area contributed by atoms with Gasteiger partial charge in [0.2, 0.25) is 0 Å². The first-order valence-electron chi connectivity index (χ1n) is 5.03. The molecule has 0 saturated carbocycles. The van der Waals surface area contributed by atoms with Gasteiger partial charge in [0.05, 0.1) is 5.41 Å². The summed E-state index contributed by atoms with van der Waals surface area (Å²) in [6.07, 6.45) is -2.89. The Bertz CT molecular complexity index is 224. The SMILES string of the molecule is CC(C)(CCCCOCC(F)(F)F)C(=O)O. The van der Waals surface area contributed by atoms with Crippen LogP contribution in [-0.4, -0.2) is 30.5 Å². The van der Waals surface area contributed by atoms with E-state index in [1.54, 1.807) is 13.8 Å². The average molecular weight is 242 g/mol. The van der Waals surface area contributed by atoms with E-state index in [9.17, 15) is 18.0 Å². The van der Waals surface area contributed by atoms with Gasteiger partial charge in [-0.15, -0.1) is 0 Å². The monoisotopic (exact) mass is 242 g/mol. The number of hydrogen-bond donors (Lipinski definition) is 1. The molecule has 96 valence electrons. The molecule has 0 rings (SSSR count). The zero-order valence-electron chi connectivity index (χ0n) is 9.43. The lowest BCUT2D eigenvalue weighted by molar-refractivity contribution is -0.174. The zero-order valence-corrected chi connectivity index (χ0v) is 9.43. The summed E-state index contributed by atoms with van der Waals surface area (Å²) in [4.78, 5) is 10.7. The molecule has 0 amide bonds. The van der Waals surface area contributed by atoms with Crippen molar-refractivity contribution < 1.29 is 27.8 Å². The standard InChI is InChI=1S/C10H17F3O3/c1-9(2,8(14)15)5-3-4-6-16-7-10(11,12)13/h3-7H2,1-2H3,(H,14,15). The number of carboxylic acids is 1. The number of carboxylic acid groups (broad SMARTS) is 1. The fourth-order valence-electron chi connectivity index (χ4n) is 1.07. The molecule has 3 nitrogen and oxygen atoms in total. The van der Waals surface area contributed by atoms with Gasteiger partial charge in [0.1, 0.15) is 6.61 Å². The van der Waals surface area contributed by atoms with Gasteiger partial charge in [0.15, 0.2) is 0 Å². The number of aliphatic carboxylic acids is 1. The van der Waals surface area contributed by atoms with Crippen molar-refractivity contribution in [2.75, 3.05) is 13.2 Å². The normalized spacial score (nSPS) is 12.8. The summed E-state index contributed by atoms with van der Waals surface area (Å²) in [5.74, 6) is -0.899. The molecule has 16 heavy (non-hydrogen) atoms. The van der Waals surface area contributed by atoms with E-state index in [-0.39, 0.29) is 6.61 Å². The smallest absolute Gasteiger partial charge is 0.411 e. The summed E-state index contributed by atoms with van der Waals surface area (Å²) in [6, 6.07) is 0. The lowest BCUT2D eigenvalue weighted by Gasteiger charge is -2.18. The van der Waals surface area contributed by atoms with E-state index in [0.29, 0.717) is 19.3 Å². The Morgan fingerprint density at radius 2 is 1.81 bits per heavy atom. The van der Waals surface area contributed by atoms with Crippen molar-refractivity contribution in [1.29, 1.82) is 0 Å². The number of ether oxygens (including phenoxy) is 1. The van der Waals surface area contributed by atoms with Crippen LogP contribution in [0.15, 0.2) is 0 Å².